The first-order valence-electron chi connectivity index (χ1n) is 9.81. The van der Waals surface area contributed by atoms with Gasteiger partial charge >= 0.3 is 5.97 Å². The zero-order valence-electron chi connectivity index (χ0n) is 17.2. The molecule has 0 radical (unpaired) electrons. The Morgan fingerprint density at radius 2 is 1.65 bits per heavy atom. The fourth-order valence-corrected chi connectivity index (χ4v) is 2.90. The lowest BCUT2D eigenvalue weighted by Gasteiger charge is -2.19. The standard InChI is InChI=1S/C24H22N4O3/c1-24(2,23(29)30)15-31-19-6-3-16(4-7-19)20-8-5-18(13-26-20)22-27-14-21(28-22)17-9-11-25-12-10-17/h3-14H,15H2,1-2H3,(H,27,28)(H,29,30). The van der Waals surface area contributed by atoms with Crippen LogP contribution in [0.3, 0.4) is 0 Å². The lowest BCUT2D eigenvalue weighted by molar-refractivity contribution is -0.148. The summed E-state index contributed by atoms with van der Waals surface area (Å²) in [5.74, 6) is 0.474. The maximum Gasteiger partial charge on any atom is 0.312 e. The van der Waals surface area contributed by atoms with Gasteiger partial charge in [0.15, 0.2) is 0 Å². The Morgan fingerprint density at radius 1 is 0.935 bits per heavy atom. The van der Waals surface area contributed by atoms with Gasteiger partial charge in [0, 0.05) is 35.3 Å². The molecule has 3 heterocycles. The SMILES string of the molecule is CC(C)(COc1ccc(-c2ccc(-c3ncc(-c4ccncc4)[nH]3)cn2)cc1)C(=O)O. The summed E-state index contributed by atoms with van der Waals surface area (Å²) in [5, 5.41) is 9.18. The Balaban J connectivity index is 1.45. The summed E-state index contributed by atoms with van der Waals surface area (Å²) >= 11 is 0. The molecule has 0 atom stereocenters. The predicted molar refractivity (Wildman–Crippen MR) is 117 cm³/mol. The molecule has 2 N–H and O–H groups in total. The quantitative estimate of drug-likeness (QED) is 0.455. The number of rotatable bonds is 7. The van der Waals surface area contributed by atoms with Crippen molar-refractivity contribution < 1.29 is 14.6 Å². The number of ether oxygens (including phenoxy) is 1. The third kappa shape index (κ3) is 4.61. The molecule has 0 saturated carbocycles. The number of imidazole rings is 1. The van der Waals surface area contributed by atoms with E-state index in [0.717, 1.165) is 33.9 Å². The summed E-state index contributed by atoms with van der Waals surface area (Å²) in [6.07, 6.45) is 7.07. The Morgan fingerprint density at radius 3 is 2.29 bits per heavy atom. The number of H-pyrrole nitrogens is 1. The van der Waals surface area contributed by atoms with Gasteiger partial charge in [-0.3, -0.25) is 14.8 Å². The molecule has 31 heavy (non-hydrogen) atoms. The first kappa shape index (κ1) is 20.3. The maximum absolute atomic E-state index is 11.2. The minimum Gasteiger partial charge on any atom is -0.492 e. The molecule has 0 bridgehead atoms. The monoisotopic (exact) mass is 414 g/mol. The number of carboxylic acids is 1. The van der Waals surface area contributed by atoms with Crippen LogP contribution in [0.25, 0.3) is 33.9 Å². The van der Waals surface area contributed by atoms with Crippen LogP contribution in [-0.2, 0) is 4.79 Å². The molecule has 0 aliphatic heterocycles. The van der Waals surface area contributed by atoms with Crippen LogP contribution >= 0.6 is 0 Å². The molecule has 156 valence electrons. The third-order valence-electron chi connectivity index (χ3n) is 4.93. The smallest absolute Gasteiger partial charge is 0.312 e. The highest BCUT2D eigenvalue weighted by Crippen LogP contribution is 2.26. The van der Waals surface area contributed by atoms with E-state index in [0.29, 0.717) is 5.75 Å². The summed E-state index contributed by atoms with van der Waals surface area (Å²) in [7, 11) is 0. The topological polar surface area (TPSA) is 101 Å². The highest BCUT2D eigenvalue weighted by atomic mass is 16.5. The van der Waals surface area contributed by atoms with Crippen LogP contribution in [0.5, 0.6) is 5.75 Å². The molecule has 1 aromatic carbocycles. The molecule has 4 aromatic rings. The molecule has 0 saturated heterocycles. The number of hydrogen-bond donors (Lipinski definition) is 2. The number of nitrogens with one attached hydrogen (secondary N) is 1. The molecular formula is C24H22N4O3. The summed E-state index contributed by atoms with van der Waals surface area (Å²) in [6.45, 7) is 3.36. The summed E-state index contributed by atoms with van der Waals surface area (Å²) in [5.41, 5.74) is 3.64. The van der Waals surface area contributed by atoms with Crippen LogP contribution in [0.15, 0.2) is 73.3 Å². The lowest BCUT2D eigenvalue weighted by Crippen LogP contribution is -2.30. The van der Waals surface area contributed by atoms with E-state index in [9.17, 15) is 9.90 Å². The van der Waals surface area contributed by atoms with Gasteiger partial charge in [-0.25, -0.2) is 4.98 Å². The van der Waals surface area contributed by atoms with Gasteiger partial charge < -0.3 is 14.8 Å². The second-order valence-corrected chi connectivity index (χ2v) is 7.82. The number of carboxylic acid groups (broad SMARTS) is 1. The van der Waals surface area contributed by atoms with Gasteiger partial charge in [-0.2, -0.15) is 0 Å². The Hall–Kier alpha value is -4.00. The van der Waals surface area contributed by atoms with Crippen LogP contribution in [0.2, 0.25) is 0 Å². The molecular weight excluding hydrogens is 392 g/mol. The number of nitrogens with zero attached hydrogens (tertiary/aromatic N) is 3. The van der Waals surface area contributed by atoms with E-state index in [4.69, 9.17) is 4.74 Å². The largest absolute Gasteiger partial charge is 0.492 e. The summed E-state index contributed by atoms with van der Waals surface area (Å²) in [6, 6.07) is 15.2. The van der Waals surface area contributed by atoms with Crippen molar-refractivity contribution in [2.24, 2.45) is 5.41 Å². The normalized spacial score (nSPS) is 11.3. The van der Waals surface area contributed by atoms with Gasteiger partial charge in [0.05, 0.1) is 23.0 Å². The number of pyridine rings is 2. The molecule has 3 aromatic heterocycles. The van der Waals surface area contributed by atoms with Crippen molar-refractivity contribution in [3.63, 3.8) is 0 Å². The van der Waals surface area contributed by atoms with Gasteiger partial charge in [0.25, 0.3) is 0 Å². The van der Waals surface area contributed by atoms with Gasteiger partial charge in [-0.05, 0) is 62.4 Å². The van der Waals surface area contributed by atoms with Crippen molar-refractivity contribution in [3.8, 4) is 39.7 Å². The van der Waals surface area contributed by atoms with Gasteiger partial charge in [0.2, 0.25) is 0 Å². The molecule has 0 amide bonds. The van der Waals surface area contributed by atoms with E-state index in [-0.39, 0.29) is 6.61 Å². The fourth-order valence-electron chi connectivity index (χ4n) is 2.90. The highest BCUT2D eigenvalue weighted by molar-refractivity contribution is 5.73. The molecule has 0 aliphatic carbocycles. The molecule has 0 spiro atoms. The Kier molecular flexibility index (Phi) is 5.49. The minimum atomic E-state index is -0.945. The van der Waals surface area contributed by atoms with Crippen LogP contribution < -0.4 is 4.74 Å². The predicted octanol–water partition coefficient (Wildman–Crippen LogP) is 4.69. The number of hydrogen-bond acceptors (Lipinski definition) is 5. The Labute approximate surface area is 179 Å². The van der Waals surface area contributed by atoms with Crippen molar-refractivity contribution in [2.75, 3.05) is 6.61 Å². The number of aliphatic carboxylic acids is 1. The molecule has 0 fully saturated rings. The number of aromatic amines is 1. The van der Waals surface area contributed by atoms with Gasteiger partial charge in [-0.15, -0.1) is 0 Å². The van der Waals surface area contributed by atoms with Crippen molar-refractivity contribution in [2.45, 2.75) is 13.8 Å². The lowest BCUT2D eigenvalue weighted by atomic mass is 9.95. The van der Waals surface area contributed by atoms with E-state index in [1.54, 1.807) is 38.6 Å². The van der Waals surface area contributed by atoms with Crippen LogP contribution in [0.4, 0.5) is 0 Å². The Bertz CT molecular complexity index is 1170. The van der Waals surface area contributed by atoms with Crippen molar-refractivity contribution in [1.29, 1.82) is 0 Å². The third-order valence-corrected chi connectivity index (χ3v) is 4.93. The van der Waals surface area contributed by atoms with E-state index >= 15 is 0 Å². The fraction of sp³-hybridized carbons (Fsp3) is 0.167. The average Bonchev–Trinajstić information content (AvgIpc) is 3.29. The maximum atomic E-state index is 11.2. The summed E-state index contributed by atoms with van der Waals surface area (Å²) < 4.78 is 5.62. The zero-order valence-corrected chi connectivity index (χ0v) is 17.2. The number of benzene rings is 1. The zero-order chi connectivity index (χ0) is 21.8. The van der Waals surface area contributed by atoms with Crippen LogP contribution in [-0.4, -0.2) is 37.6 Å². The second-order valence-electron chi connectivity index (χ2n) is 7.82. The summed E-state index contributed by atoms with van der Waals surface area (Å²) in [4.78, 5) is 27.5. The van der Waals surface area contributed by atoms with E-state index in [2.05, 4.69) is 19.9 Å². The average molecular weight is 414 g/mol. The molecule has 7 nitrogen and oxygen atoms in total. The first-order valence-corrected chi connectivity index (χ1v) is 9.81. The first-order chi connectivity index (χ1) is 14.9. The second kappa shape index (κ2) is 8.39. The molecule has 0 unspecified atom stereocenters. The van der Waals surface area contributed by atoms with Gasteiger partial charge in [-0.1, -0.05) is 0 Å². The van der Waals surface area contributed by atoms with Crippen molar-refractivity contribution in [3.05, 3.63) is 73.3 Å². The minimum absolute atomic E-state index is 0.0965. The molecule has 4 rings (SSSR count). The van der Waals surface area contributed by atoms with E-state index in [1.807, 2.05) is 48.5 Å². The number of carbonyl (C=O) groups is 1. The number of aromatic nitrogens is 4. The molecule has 7 heteroatoms. The van der Waals surface area contributed by atoms with Crippen LogP contribution in [0.1, 0.15) is 13.8 Å². The molecule has 0 aliphatic rings. The highest BCUT2D eigenvalue weighted by Gasteiger charge is 2.28. The van der Waals surface area contributed by atoms with Crippen molar-refractivity contribution >= 4 is 5.97 Å². The van der Waals surface area contributed by atoms with Crippen LogP contribution in [0, 0.1) is 5.41 Å². The van der Waals surface area contributed by atoms with E-state index < -0.39 is 11.4 Å². The van der Waals surface area contributed by atoms with Crippen molar-refractivity contribution in [1.82, 2.24) is 19.9 Å². The van der Waals surface area contributed by atoms with Gasteiger partial charge in [0.1, 0.15) is 18.2 Å². The van der Waals surface area contributed by atoms with E-state index in [1.165, 1.54) is 0 Å².